The van der Waals surface area contributed by atoms with Crippen molar-refractivity contribution < 1.29 is 0 Å². The van der Waals surface area contributed by atoms with Crippen molar-refractivity contribution in [2.24, 2.45) is 0 Å². The molecule has 5 nitrogen and oxygen atoms in total. The fourth-order valence-corrected chi connectivity index (χ4v) is 3.03. The molecule has 3 heterocycles. The number of H-pyrrole nitrogens is 1. The van der Waals surface area contributed by atoms with Crippen molar-refractivity contribution in [2.45, 2.75) is 19.3 Å². The lowest BCUT2D eigenvalue weighted by molar-refractivity contribution is 0.734. The quantitative estimate of drug-likeness (QED) is 0.623. The smallest absolute Gasteiger partial charge is 0.272 e. The van der Waals surface area contributed by atoms with Crippen LogP contribution >= 0.6 is 0 Å². The Balaban J connectivity index is 1.69. The Morgan fingerprint density at radius 2 is 1.96 bits per heavy atom. The maximum Gasteiger partial charge on any atom is 0.272 e. The van der Waals surface area contributed by atoms with Gasteiger partial charge < -0.3 is 0 Å². The van der Waals surface area contributed by atoms with E-state index in [4.69, 9.17) is 0 Å². The highest BCUT2D eigenvalue weighted by molar-refractivity contribution is 5.62. The molecule has 0 aliphatic carbocycles. The summed E-state index contributed by atoms with van der Waals surface area (Å²) in [5.74, 6) is 0.298. The molecule has 1 aromatic carbocycles. The van der Waals surface area contributed by atoms with Gasteiger partial charge in [-0.1, -0.05) is 37.3 Å². The molecule has 0 fully saturated rings. The molecule has 0 amide bonds. The van der Waals surface area contributed by atoms with Crippen LogP contribution in [0.2, 0.25) is 0 Å². The van der Waals surface area contributed by atoms with Crippen molar-refractivity contribution in [3.8, 4) is 11.3 Å². The number of benzene rings is 1. The van der Waals surface area contributed by atoms with Crippen molar-refractivity contribution in [3.05, 3.63) is 88.6 Å². The van der Waals surface area contributed by atoms with Gasteiger partial charge in [0, 0.05) is 35.8 Å². The van der Waals surface area contributed by atoms with Crippen LogP contribution in [-0.2, 0) is 6.42 Å². The zero-order valence-electron chi connectivity index (χ0n) is 13.9. The third kappa shape index (κ3) is 3.08. The fourth-order valence-electron chi connectivity index (χ4n) is 3.03. The maximum absolute atomic E-state index is 12.4. The third-order valence-electron chi connectivity index (χ3n) is 4.36. The second-order valence-electron chi connectivity index (χ2n) is 6.21. The minimum atomic E-state index is -0.101. The van der Waals surface area contributed by atoms with E-state index in [-0.39, 0.29) is 5.56 Å². The molecule has 0 saturated heterocycles. The van der Waals surface area contributed by atoms with Gasteiger partial charge in [0.05, 0.1) is 5.69 Å². The number of rotatable bonds is 4. The van der Waals surface area contributed by atoms with Crippen molar-refractivity contribution in [1.29, 1.82) is 0 Å². The van der Waals surface area contributed by atoms with Gasteiger partial charge in [-0.05, 0) is 30.0 Å². The van der Waals surface area contributed by atoms with Crippen LogP contribution < -0.4 is 5.56 Å². The molecule has 4 aromatic rings. The number of aromatic nitrogens is 4. The predicted octanol–water partition coefficient (Wildman–Crippen LogP) is 3.43. The Bertz CT molecular complexity index is 1050. The molecule has 0 spiro atoms. The van der Waals surface area contributed by atoms with Gasteiger partial charge in [0.15, 0.2) is 5.65 Å². The molecule has 0 radical (unpaired) electrons. The summed E-state index contributed by atoms with van der Waals surface area (Å²) in [6.07, 6.45) is 4.21. The zero-order valence-corrected chi connectivity index (χ0v) is 13.9. The van der Waals surface area contributed by atoms with Gasteiger partial charge in [-0.15, -0.1) is 0 Å². The largest absolute Gasteiger partial charge is 0.289 e. The molecular weight excluding hydrogens is 312 g/mol. The average molecular weight is 330 g/mol. The maximum atomic E-state index is 12.4. The molecule has 5 heteroatoms. The molecule has 124 valence electrons. The van der Waals surface area contributed by atoms with Crippen molar-refractivity contribution in [1.82, 2.24) is 19.6 Å². The van der Waals surface area contributed by atoms with Gasteiger partial charge >= 0.3 is 0 Å². The van der Waals surface area contributed by atoms with E-state index < -0.39 is 0 Å². The second kappa shape index (κ2) is 6.36. The van der Waals surface area contributed by atoms with Crippen LogP contribution in [0.4, 0.5) is 0 Å². The van der Waals surface area contributed by atoms with E-state index in [1.807, 2.05) is 36.4 Å². The van der Waals surface area contributed by atoms with Crippen LogP contribution in [0.15, 0.2) is 71.8 Å². The summed E-state index contributed by atoms with van der Waals surface area (Å²) in [7, 11) is 0. The van der Waals surface area contributed by atoms with Gasteiger partial charge in [0.1, 0.15) is 0 Å². The summed E-state index contributed by atoms with van der Waals surface area (Å²) in [4.78, 5) is 21.2. The molecule has 1 atom stereocenters. The third-order valence-corrected chi connectivity index (χ3v) is 4.36. The Kier molecular flexibility index (Phi) is 3.90. The fraction of sp³-hybridized carbons (Fsp3) is 0.150. The highest BCUT2D eigenvalue weighted by Crippen LogP contribution is 2.20. The number of hydrogen-bond donors (Lipinski definition) is 1. The van der Waals surface area contributed by atoms with Gasteiger partial charge in [-0.3, -0.25) is 14.9 Å². The lowest BCUT2D eigenvalue weighted by Crippen LogP contribution is -2.16. The molecule has 0 bridgehead atoms. The summed E-state index contributed by atoms with van der Waals surface area (Å²) in [5.41, 5.74) is 4.32. The summed E-state index contributed by atoms with van der Waals surface area (Å²) < 4.78 is 1.47. The first kappa shape index (κ1) is 15.3. The Morgan fingerprint density at radius 3 is 2.72 bits per heavy atom. The Labute approximate surface area is 145 Å². The molecular formula is C20H18N4O. The van der Waals surface area contributed by atoms with Crippen molar-refractivity contribution in [2.75, 3.05) is 0 Å². The number of nitrogens with one attached hydrogen (secondary N) is 1. The number of hydrogen-bond acceptors (Lipinski definition) is 3. The molecule has 4 rings (SSSR count). The van der Waals surface area contributed by atoms with E-state index in [1.165, 1.54) is 10.1 Å². The molecule has 1 unspecified atom stereocenters. The predicted molar refractivity (Wildman–Crippen MR) is 97.6 cm³/mol. The highest BCUT2D eigenvalue weighted by Gasteiger charge is 2.11. The van der Waals surface area contributed by atoms with Crippen LogP contribution in [0.3, 0.4) is 0 Å². The van der Waals surface area contributed by atoms with Gasteiger partial charge in [0.2, 0.25) is 0 Å². The lowest BCUT2D eigenvalue weighted by Gasteiger charge is -2.11. The average Bonchev–Trinajstić information content (AvgIpc) is 3.08. The van der Waals surface area contributed by atoms with Gasteiger partial charge in [-0.2, -0.15) is 0 Å². The van der Waals surface area contributed by atoms with E-state index in [2.05, 4.69) is 34.1 Å². The molecule has 0 aliphatic heterocycles. The number of fused-ring (bicyclic) bond motifs is 1. The van der Waals surface area contributed by atoms with E-state index in [9.17, 15) is 4.79 Å². The van der Waals surface area contributed by atoms with E-state index >= 15 is 0 Å². The number of aromatic amines is 1. The summed E-state index contributed by atoms with van der Waals surface area (Å²) in [5, 5.41) is 3.09. The van der Waals surface area contributed by atoms with Crippen LogP contribution in [0.25, 0.3) is 16.9 Å². The van der Waals surface area contributed by atoms with Crippen LogP contribution in [0.1, 0.15) is 24.1 Å². The van der Waals surface area contributed by atoms with Crippen molar-refractivity contribution in [3.63, 3.8) is 0 Å². The van der Waals surface area contributed by atoms with Crippen LogP contribution in [0.5, 0.6) is 0 Å². The number of pyridine rings is 1. The first-order chi connectivity index (χ1) is 12.2. The zero-order chi connectivity index (χ0) is 17.2. The van der Waals surface area contributed by atoms with Crippen LogP contribution in [-0.4, -0.2) is 19.6 Å². The molecule has 0 saturated carbocycles. The van der Waals surface area contributed by atoms with Crippen molar-refractivity contribution >= 4 is 5.65 Å². The Hall–Kier alpha value is -3.21. The van der Waals surface area contributed by atoms with E-state index in [0.29, 0.717) is 11.6 Å². The Morgan fingerprint density at radius 1 is 1.12 bits per heavy atom. The molecule has 3 aromatic heterocycles. The normalized spacial score (nSPS) is 12.4. The monoisotopic (exact) mass is 330 g/mol. The van der Waals surface area contributed by atoms with Gasteiger partial charge in [-0.25, -0.2) is 9.50 Å². The molecule has 25 heavy (non-hydrogen) atoms. The van der Waals surface area contributed by atoms with Crippen LogP contribution in [0, 0.1) is 0 Å². The summed E-state index contributed by atoms with van der Waals surface area (Å²) in [6.45, 7) is 2.15. The lowest BCUT2D eigenvalue weighted by atomic mass is 9.96. The van der Waals surface area contributed by atoms with E-state index in [1.54, 1.807) is 18.5 Å². The SMILES string of the molecule is CC(Cc1cc(=O)n2[nH]c(-c3cccnc3)cc2n1)c1ccccc1. The van der Waals surface area contributed by atoms with Gasteiger partial charge in [0.25, 0.3) is 5.56 Å². The standard InChI is InChI=1S/C20H18N4O/c1-14(15-6-3-2-4-7-15)10-17-11-20(25)24-19(22-17)12-18(23-24)16-8-5-9-21-13-16/h2-9,11-14,23H,10H2,1H3. The molecule has 0 aliphatic rings. The number of nitrogens with zero attached hydrogens (tertiary/aromatic N) is 3. The minimum Gasteiger partial charge on any atom is -0.289 e. The van der Waals surface area contributed by atoms with E-state index in [0.717, 1.165) is 23.4 Å². The topological polar surface area (TPSA) is 63.0 Å². The first-order valence-electron chi connectivity index (χ1n) is 8.28. The summed E-state index contributed by atoms with van der Waals surface area (Å²) in [6, 6.07) is 17.6. The minimum absolute atomic E-state index is 0.101. The first-order valence-corrected chi connectivity index (χ1v) is 8.28. The summed E-state index contributed by atoms with van der Waals surface area (Å²) >= 11 is 0. The highest BCUT2D eigenvalue weighted by atomic mass is 16.1. The molecule has 1 N–H and O–H groups in total. The second-order valence-corrected chi connectivity index (χ2v) is 6.21.